The second kappa shape index (κ2) is 16.7. The SMILES string of the molecule is C=CC[C@]1(C(=O)OC)C[C@H](OC(C)=O)[C@@H](NC(C)=O)[C@H]([C@H](OC(C)=O)[C@@H](CNC(=O)c2cc(C)c(OC(C)=O)c(C)c2)OC(C)=O)O1. The van der Waals surface area contributed by atoms with Crippen molar-refractivity contribution in [2.24, 2.45) is 0 Å². The largest absolute Gasteiger partial charge is 0.467 e. The Labute approximate surface area is 272 Å². The Morgan fingerprint density at radius 3 is 2.02 bits per heavy atom. The maximum absolute atomic E-state index is 13.3. The van der Waals surface area contributed by atoms with Gasteiger partial charge in [-0.05, 0) is 37.1 Å². The zero-order valence-corrected chi connectivity index (χ0v) is 27.8. The first-order valence-electron chi connectivity index (χ1n) is 14.7. The molecule has 1 aromatic carbocycles. The highest BCUT2D eigenvalue weighted by Crippen LogP contribution is 2.38. The molecule has 0 aliphatic carbocycles. The van der Waals surface area contributed by atoms with Crippen LogP contribution in [0, 0.1) is 13.8 Å². The van der Waals surface area contributed by atoms with Crippen LogP contribution in [0.15, 0.2) is 24.8 Å². The Morgan fingerprint density at radius 1 is 0.957 bits per heavy atom. The fourth-order valence-corrected chi connectivity index (χ4v) is 5.49. The average molecular weight is 663 g/mol. The van der Waals surface area contributed by atoms with Crippen molar-refractivity contribution >= 4 is 41.7 Å². The summed E-state index contributed by atoms with van der Waals surface area (Å²) in [6, 6.07) is 1.74. The monoisotopic (exact) mass is 662 g/mol. The summed E-state index contributed by atoms with van der Waals surface area (Å²) in [7, 11) is 1.12. The first-order valence-corrected chi connectivity index (χ1v) is 14.7. The number of rotatable bonds is 13. The van der Waals surface area contributed by atoms with Crippen molar-refractivity contribution in [3.63, 3.8) is 0 Å². The molecule has 258 valence electrons. The van der Waals surface area contributed by atoms with Gasteiger partial charge in [0.05, 0.1) is 19.7 Å². The van der Waals surface area contributed by atoms with E-state index >= 15 is 0 Å². The van der Waals surface area contributed by atoms with Crippen LogP contribution in [-0.2, 0) is 52.5 Å². The number of hydrogen-bond acceptors (Lipinski definition) is 13. The molecule has 1 fully saturated rings. The Hall–Kier alpha value is -4.79. The lowest BCUT2D eigenvalue weighted by Crippen LogP contribution is -2.68. The van der Waals surface area contributed by atoms with Crippen LogP contribution in [0.1, 0.15) is 68.9 Å². The molecule has 0 unspecified atom stereocenters. The number of benzene rings is 1. The minimum atomic E-state index is -1.84. The predicted molar refractivity (Wildman–Crippen MR) is 163 cm³/mol. The molecule has 1 aliphatic rings. The van der Waals surface area contributed by atoms with Gasteiger partial charge in [0.25, 0.3) is 5.91 Å². The number of carbonyl (C=O) groups excluding carboxylic acids is 7. The minimum Gasteiger partial charge on any atom is -0.467 e. The molecule has 0 spiro atoms. The molecule has 47 heavy (non-hydrogen) atoms. The Morgan fingerprint density at radius 2 is 1.55 bits per heavy atom. The highest BCUT2D eigenvalue weighted by molar-refractivity contribution is 5.95. The predicted octanol–water partition coefficient (Wildman–Crippen LogP) is 1.54. The van der Waals surface area contributed by atoms with E-state index in [1.54, 1.807) is 13.8 Å². The van der Waals surface area contributed by atoms with Crippen molar-refractivity contribution in [3.8, 4) is 5.75 Å². The fraction of sp³-hybridized carbons (Fsp3) is 0.531. The summed E-state index contributed by atoms with van der Waals surface area (Å²) < 4.78 is 33.2. The van der Waals surface area contributed by atoms with Crippen molar-refractivity contribution in [1.82, 2.24) is 10.6 Å². The molecule has 0 aromatic heterocycles. The standard InChI is InChI=1S/C32H42N2O13/c1-10-11-32(31(41)42-9)14-24(43-19(5)36)26(34-18(4)35)29(47-32)28(46-22(8)39)25(44-20(6)37)15-33-30(40)23-12-16(2)27(17(3)13-23)45-21(7)38/h10,12-13,24-26,28-29H,1,11,14-15H2,2-9H3,(H,33,40)(H,34,35)/t24-,25+,26+,28+,29+,32+/m0/s1. The number of esters is 5. The molecule has 1 aromatic rings. The molecular formula is C32H42N2O13. The van der Waals surface area contributed by atoms with Crippen LogP contribution in [0.4, 0.5) is 0 Å². The van der Waals surface area contributed by atoms with E-state index in [2.05, 4.69) is 17.2 Å². The molecule has 2 rings (SSSR count). The molecule has 6 atom stereocenters. The van der Waals surface area contributed by atoms with Crippen LogP contribution in [-0.4, -0.2) is 91.4 Å². The molecule has 1 saturated heterocycles. The molecule has 15 heteroatoms. The van der Waals surface area contributed by atoms with Crippen LogP contribution in [0.2, 0.25) is 0 Å². The minimum absolute atomic E-state index is 0.148. The quantitative estimate of drug-likeness (QED) is 0.134. The highest BCUT2D eigenvalue weighted by Gasteiger charge is 2.57. The molecule has 0 bridgehead atoms. The molecule has 2 N–H and O–H groups in total. The Kier molecular flexibility index (Phi) is 13.6. The number of hydrogen-bond donors (Lipinski definition) is 2. The summed E-state index contributed by atoms with van der Waals surface area (Å²) in [4.78, 5) is 87.3. The molecule has 2 amide bonds. The van der Waals surface area contributed by atoms with Gasteiger partial charge in [-0.25, -0.2) is 4.79 Å². The van der Waals surface area contributed by atoms with Gasteiger partial charge in [-0.15, -0.1) is 6.58 Å². The summed E-state index contributed by atoms with van der Waals surface area (Å²) in [5.74, 6) is -4.75. The maximum atomic E-state index is 13.3. The van der Waals surface area contributed by atoms with Gasteiger partial charge in [-0.2, -0.15) is 0 Å². The van der Waals surface area contributed by atoms with E-state index in [0.29, 0.717) is 16.9 Å². The van der Waals surface area contributed by atoms with E-state index in [1.165, 1.54) is 32.1 Å². The van der Waals surface area contributed by atoms with E-state index in [-0.39, 0.29) is 18.4 Å². The lowest BCUT2D eigenvalue weighted by Gasteiger charge is -2.49. The number of methoxy groups -OCH3 is 1. The molecule has 1 aliphatic heterocycles. The van der Waals surface area contributed by atoms with Gasteiger partial charge in [0.15, 0.2) is 17.8 Å². The van der Waals surface area contributed by atoms with Crippen molar-refractivity contribution in [1.29, 1.82) is 0 Å². The van der Waals surface area contributed by atoms with Gasteiger partial charge in [-0.1, -0.05) is 6.08 Å². The van der Waals surface area contributed by atoms with Crippen LogP contribution in [0.3, 0.4) is 0 Å². The summed E-state index contributed by atoms with van der Waals surface area (Å²) in [5, 5.41) is 5.27. The third kappa shape index (κ3) is 10.4. The van der Waals surface area contributed by atoms with Crippen LogP contribution in [0.5, 0.6) is 5.75 Å². The summed E-state index contributed by atoms with van der Waals surface area (Å²) in [5.41, 5.74) is -0.646. The first kappa shape index (κ1) is 38.4. The summed E-state index contributed by atoms with van der Waals surface area (Å²) in [6.45, 7) is 12.3. The van der Waals surface area contributed by atoms with Gasteiger partial charge in [-0.3, -0.25) is 28.8 Å². The van der Waals surface area contributed by atoms with E-state index < -0.39 is 84.3 Å². The van der Waals surface area contributed by atoms with E-state index in [9.17, 15) is 33.6 Å². The van der Waals surface area contributed by atoms with Gasteiger partial charge in [0.2, 0.25) is 5.91 Å². The normalized spacial score (nSPS) is 21.6. The first-order chi connectivity index (χ1) is 21.9. The number of amides is 2. The van der Waals surface area contributed by atoms with Crippen molar-refractivity contribution < 1.29 is 62.0 Å². The van der Waals surface area contributed by atoms with Gasteiger partial charge >= 0.3 is 29.8 Å². The molecule has 0 radical (unpaired) electrons. The van der Waals surface area contributed by atoms with Crippen molar-refractivity contribution in [2.45, 2.75) is 97.4 Å². The number of aryl methyl sites for hydroxylation is 2. The van der Waals surface area contributed by atoms with E-state index in [0.717, 1.165) is 27.9 Å². The molecular weight excluding hydrogens is 620 g/mol. The smallest absolute Gasteiger partial charge is 0.338 e. The molecule has 1 heterocycles. The van der Waals surface area contributed by atoms with Crippen LogP contribution >= 0.6 is 0 Å². The van der Waals surface area contributed by atoms with E-state index in [4.69, 9.17) is 28.4 Å². The lowest BCUT2D eigenvalue weighted by atomic mass is 9.81. The zero-order valence-electron chi connectivity index (χ0n) is 27.8. The Bertz CT molecular complexity index is 1380. The maximum Gasteiger partial charge on any atom is 0.338 e. The molecule has 15 nitrogen and oxygen atoms in total. The second-order valence-corrected chi connectivity index (χ2v) is 11.1. The van der Waals surface area contributed by atoms with Crippen molar-refractivity contribution in [3.05, 3.63) is 41.5 Å². The Balaban J connectivity index is 2.64. The topological polar surface area (TPSA) is 199 Å². The number of nitrogens with one attached hydrogen (secondary N) is 2. The fourth-order valence-electron chi connectivity index (χ4n) is 5.49. The van der Waals surface area contributed by atoms with Gasteiger partial charge in [0.1, 0.15) is 18.0 Å². The zero-order chi connectivity index (χ0) is 35.6. The third-order valence-corrected chi connectivity index (χ3v) is 7.11. The van der Waals surface area contributed by atoms with Crippen LogP contribution in [0.25, 0.3) is 0 Å². The lowest BCUT2D eigenvalue weighted by molar-refractivity contribution is -0.239. The molecule has 0 saturated carbocycles. The summed E-state index contributed by atoms with van der Waals surface area (Å²) in [6.07, 6.45) is -4.83. The number of ether oxygens (including phenoxy) is 6. The van der Waals surface area contributed by atoms with Crippen molar-refractivity contribution in [2.75, 3.05) is 13.7 Å². The van der Waals surface area contributed by atoms with Gasteiger partial charge in [0, 0.05) is 53.0 Å². The highest BCUT2D eigenvalue weighted by atomic mass is 16.6. The van der Waals surface area contributed by atoms with Crippen LogP contribution < -0.4 is 15.4 Å². The number of carbonyl (C=O) groups is 7. The summed E-state index contributed by atoms with van der Waals surface area (Å²) >= 11 is 0. The third-order valence-electron chi connectivity index (χ3n) is 7.11. The van der Waals surface area contributed by atoms with Gasteiger partial charge < -0.3 is 39.1 Å². The van der Waals surface area contributed by atoms with E-state index in [1.807, 2.05) is 0 Å². The second-order valence-electron chi connectivity index (χ2n) is 11.1. The average Bonchev–Trinajstić information content (AvgIpc) is 2.95.